The molecule has 0 bridgehead atoms. The molecule has 1 unspecified atom stereocenters. The monoisotopic (exact) mass is 328 g/mol. The van der Waals surface area contributed by atoms with E-state index in [4.69, 9.17) is 18.3 Å². The Morgan fingerprint density at radius 1 is 1.09 bits per heavy atom. The van der Waals surface area contributed by atoms with Gasteiger partial charge in [0.1, 0.15) is 0 Å². The predicted molar refractivity (Wildman–Crippen MR) is 84.9 cm³/mol. The molecule has 0 spiro atoms. The molecule has 0 saturated carbocycles. The van der Waals surface area contributed by atoms with Crippen molar-refractivity contribution < 1.29 is 28.2 Å². The van der Waals surface area contributed by atoms with E-state index < -0.39 is 21.2 Å². The molecule has 1 rings (SSSR count). The fourth-order valence-electron chi connectivity index (χ4n) is 1.96. The normalized spacial score (nSPS) is 12.5. The zero-order chi connectivity index (χ0) is 16.4. The van der Waals surface area contributed by atoms with Crippen LogP contribution in [0.25, 0.3) is 0 Å². The number of methoxy groups -OCH3 is 2. The van der Waals surface area contributed by atoms with Gasteiger partial charge >= 0.3 is 15.3 Å². The second-order valence-corrected chi connectivity index (χ2v) is 6.70. The quantitative estimate of drug-likeness (QED) is 0.474. The van der Waals surface area contributed by atoms with Gasteiger partial charge in [-0.1, -0.05) is 24.3 Å². The Hall–Kier alpha value is -1.25. The molecule has 1 aromatic carbocycles. The van der Waals surface area contributed by atoms with Gasteiger partial charge in [-0.3, -0.25) is 4.79 Å². The Bertz CT molecular complexity index is 443. The summed E-state index contributed by atoms with van der Waals surface area (Å²) in [6, 6.07) is 7.39. The van der Waals surface area contributed by atoms with E-state index in [0.29, 0.717) is 26.4 Å². The Kier molecular flexibility index (Phi) is 8.94. The molecule has 6 nitrogen and oxygen atoms in total. The number of hydrogen-bond acceptors (Lipinski definition) is 5. The summed E-state index contributed by atoms with van der Waals surface area (Å²) in [5.74, 6) is -1.47. The molecule has 1 atom stereocenters. The number of aliphatic carboxylic acids is 1. The lowest BCUT2D eigenvalue weighted by atomic mass is 10.0. The van der Waals surface area contributed by atoms with E-state index in [0.717, 1.165) is 10.8 Å². The van der Waals surface area contributed by atoms with Gasteiger partial charge in [-0.05, 0) is 17.7 Å². The second kappa shape index (κ2) is 10.5. The van der Waals surface area contributed by atoms with Crippen molar-refractivity contribution in [3.05, 3.63) is 29.8 Å². The Morgan fingerprint density at radius 2 is 1.64 bits per heavy atom. The minimum atomic E-state index is -2.22. The van der Waals surface area contributed by atoms with E-state index >= 15 is 0 Å². The van der Waals surface area contributed by atoms with Crippen LogP contribution < -0.4 is 5.19 Å². The molecule has 0 aliphatic heterocycles. The van der Waals surface area contributed by atoms with Crippen molar-refractivity contribution in [2.75, 3.05) is 40.6 Å². The summed E-state index contributed by atoms with van der Waals surface area (Å²) in [5, 5.41) is 10.1. The molecule has 1 aromatic rings. The van der Waals surface area contributed by atoms with Crippen LogP contribution in [0.3, 0.4) is 0 Å². The van der Waals surface area contributed by atoms with Crippen molar-refractivity contribution in [3.8, 4) is 0 Å². The Balaban J connectivity index is 2.93. The molecule has 22 heavy (non-hydrogen) atoms. The molecule has 0 aliphatic rings. The van der Waals surface area contributed by atoms with E-state index in [2.05, 4.69) is 0 Å². The van der Waals surface area contributed by atoms with E-state index in [1.807, 2.05) is 24.3 Å². The molecule has 0 heterocycles. The highest BCUT2D eigenvalue weighted by Gasteiger charge is 2.25. The van der Waals surface area contributed by atoms with Crippen molar-refractivity contribution in [1.82, 2.24) is 0 Å². The topological polar surface area (TPSA) is 74.2 Å². The maximum absolute atomic E-state index is 11.3. The summed E-state index contributed by atoms with van der Waals surface area (Å²) < 4.78 is 21.6. The lowest BCUT2D eigenvalue weighted by Crippen LogP contribution is -2.41. The van der Waals surface area contributed by atoms with Gasteiger partial charge in [0, 0.05) is 14.2 Å². The largest absolute Gasteiger partial charge is 0.481 e. The number of carboxylic acids is 1. The number of hydrogen-bond donors (Lipinski definition) is 1. The van der Waals surface area contributed by atoms with Crippen molar-refractivity contribution in [2.24, 2.45) is 0 Å². The standard InChI is InChI=1S/C15H24O6Si/c1-12(15(16)17)13-6-4-5-7-14(13)22(20-10-8-18-2)21-11-9-19-3/h4-7,12,22H,8-11H2,1-3H3,(H,16,17). The zero-order valence-electron chi connectivity index (χ0n) is 13.3. The Morgan fingerprint density at radius 3 is 2.14 bits per heavy atom. The van der Waals surface area contributed by atoms with E-state index in [1.54, 1.807) is 21.1 Å². The van der Waals surface area contributed by atoms with Crippen LogP contribution in [0, 0.1) is 0 Å². The van der Waals surface area contributed by atoms with Crippen LogP contribution in [-0.4, -0.2) is 61.0 Å². The first-order valence-electron chi connectivity index (χ1n) is 7.14. The van der Waals surface area contributed by atoms with Crippen LogP contribution in [0.5, 0.6) is 0 Å². The van der Waals surface area contributed by atoms with Crippen molar-refractivity contribution in [2.45, 2.75) is 12.8 Å². The maximum atomic E-state index is 11.3. The lowest BCUT2D eigenvalue weighted by Gasteiger charge is -2.21. The van der Waals surface area contributed by atoms with Crippen LogP contribution in [0.1, 0.15) is 18.4 Å². The highest BCUT2D eigenvalue weighted by Crippen LogP contribution is 2.14. The van der Waals surface area contributed by atoms with E-state index in [1.165, 1.54) is 0 Å². The molecule has 0 saturated heterocycles. The van der Waals surface area contributed by atoms with Gasteiger partial charge in [-0.15, -0.1) is 0 Å². The minimum absolute atomic E-state index is 0.413. The van der Waals surface area contributed by atoms with Gasteiger partial charge in [-0.25, -0.2) is 0 Å². The molecule has 124 valence electrons. The molecule has 0 aromatic heterocycles. The highest BCUT2D eigenvalue weighted by molar-refractivity contribution is 6.62. The van der Waals surface area contributed by atoms with Crippen LogP contribution in [0.2, 0.25) is 0 Å². The first-order chi connectivity index (χ1) is 10.6. The average Bonchev–Trinajstić information content (AvgIpc) is 2.53. The fraction of sp³-hybridized carbons (Fsp3) is 0.533. The van der Waals surface area contributed by atoms with Gasteiger partial charge in [0.15, 0.2) is 0 Å². The molecule has 1 N–H and O–H groups in total. The first kappa shape index (κ1) is 18.8. The van der Waals surface area contributed by atoms with Crippen LogP contribution in [-0.2, 0) is 23.1 Å². The summed E-state index contributed by atoms with van der Waals surface area (Å²) in [6.45, 7) is 3.42. The third kappa shape index (κ3) is 5.86. The molecular weight excluding hydrogens is 304 g/mol. The molecule has 7 heteroatoms. The van der Waals surface area contributed by atoms with Gasteiger partial charge < -0.3 is 23.4 Å². The van der Waals surface area contributed by atoms with Gasteiger partial charge in [0.25, 0.3) is 0 Å². The molecule has 0 fully saturated rings. The third-order valence-electron chi connectivity index (χ3n) is 3.20. The van der Waals surface area contributed by atoms with Crippen molar-refractivity contribution >= 4 is 20.4 Å². The summed E-state index contributed by atoms with van der Waals surface area (Å²) in [7, 11) is 0.991. The number of carbonyl (C=O) groups is 1. The van der Waals surface area contributed by atoms with Crippen molar-refractivity contribution in [1.29, 1.82) is 0 Å². The minimum Gasteiger partial charge on any atom is -0.481 e. The fourth-order valence-corrected chi connectivity index (χ4v) is 3.92. The average molecular weight is 328 g/mol. The van der Waals surface area contributed by atoms with E-state index in [9.17, 15) is 9.90 Å². The summed E-state index contributed by atoms with van der Waals surface area (Å²) in [6.07, 6.45) is 0. The van der Waals surface area contributed by atoms with E-state index in [-0.39, 0.29) is 0 Å². The van der Waals surface area contributed by atoms with Crippen molar-refractivity contribution in [3.63, 3.8) is 0 Å². The SMILES string of the molecule is COCCO[SiH](OCCOC)c1ccccc1C(C)C(=O)O. The third-order valence-corrected chi connectivity index (χ3v) is 5.31. The second-order valence-electron chi connectivity index (χ2n) is 4.75. The number of benzene rings is 1. The molecule has 0 aliphatic carbocycles. The highest BCUT2D eigenvalue weighted by atomic mass is 28.3. The van der Waals surface area contributed by atoms with Crippen LogP contribution >= 0.6 is 0 Å². The number of carboxylic acid groups (broad SMARTS) is 1. The van der Waals surface area contributed by atoms with Crippen LogP contribution in [0.4, 0.5) is 0 Å². The first-order valence-corrected chi connectivity index (χ1v) is 8.66. The summed E-state index contributed by atoms with van der Waals surface area (Å²) in [4.78, 5) is 11.3. The molecule has 0 amide bonds. The lowest BCUT2D eigenvalue weighted by molar-refractivity contribution is -0.138. The molecular formula is C15H24O6Si. The zero-order valence-corrected chi connectivity index (χ0v) is 14.4. The van der Waals surface area contributed by atoms with Gasteiger partial charge in [0.2, 0.25) is 0 Å². The number of rotatable bonds is 11. The maximum Gasteiger partial charge on any atom is 0.356 e. The number of ether oxygens (including phenoxy) is 2. The molecule has 0 radical (unpaired) electrons. The summed E-state index contributed by atoms with van der Waals surface area (Å²) in [5.41, 5.74) is 0.738. The van der Waals surface area contributed by atoms with Gasteiger partial charge in [0.05, 0.1) is 32.3 Å². The smallest absolute Gasteiger partial charge is 0.356 e. The Labute approximate surface area is 132 Å². The van der Waals surface area contributed by atoms with Gasteiger partial charge in [-0.2, -0.15) is 0 Å². The predicted octanol–water partition coefficient (Wildman–Crippen LogP) is 0.628. The summed E-state index contributed by atoms with van der Waals surface area (Å²) >= 11 is 0. The van der Waals surface area contributed by atoms with Crippen LogP contribution in [0.15, 0.2) is 24.3 Å².